The van der Waals surface area contributed by atoms with Crippen LogP contribution in [0, 0.1) is 6.92 Å². The van der Waals surface area contributed by atoms with Gasteiger partial charge in [-0.2, -0.15) is 0 Å². The largest absolute Gasteiger partial charge is 0.481 e. The van der Waals surface area contributed by atoms with Crippen molar-refractivity contribution in [1.82, 2.24) is 4.90 Å². The minimum absolute atomic E-state index is 0.0703. The first-order valence-corrected chi connectivity index (χ1v) is 6.53. The quantitative estimate of drug-likeness (QED) is 0.904. The molecule has 0 radical (unpaired) electrons. The maximum absolute atomic E-state index is 12.3. The molecule has 1 amide bonds. The zero-order valence-corrected chi connectivity index (χ0v) is 12.1. The second-order valence-corrected chi connectivity index (χ2v) is 4.91. The van der Waals surface area contributed by atoms with Crippen molar-refractivity contribution in [3.05, 3.63) is 34.3 Å². The summed E-state index contributed by atoms with van der Waals surface area (Å²) in [5.74, 6) is -1.11. The predicted molar refractivity (Wildman–Crippen MR) is 74.6 cm³/mol. The summed E-state index contributed by atoms with van der Waals surface area (Å²) in [4.78, 5) is 24.6. The van der Waals surface area contributed by atoms with Gasteiger partial charge in [0.2, 0.25) is 0 Å². The Labute approximate surface area is 118 Å². The van der Waals surface area contributed by atoms with Crippen molar-refractivity contribution in [2.75, 3.05) is 6.54 Å². The Morgan fingerprint density at radius 2 is 2.05 bits per heavy atom. The maximum Gasteiger partial charge on any atom is 0.305 e. The molecule has 19 heavy (non-hydrogen) atoms. The summed E-state index contributed by atoms with van der Waals surface area (Å²) in [5.41, 5.74) is 1.38. The van der Waals surface area contributed by atoms with Crippen LogP contribution in [0.15, 0.2) is 18.2 Å². The van der Waals surface area contributed by atoms with Crippen molar-refractivity contribution < 1.29 is 14.7 Å². The molecule has 1 N–H and O–H groups in total. The third kappa shape index (κ3) is 3.96. The molecule has 0 saturated heterocycles. The number of carboxylic acids is 1. The van der Waals surface area contributed by atoms with E-state index >= 15 is 0 Å². The molecule has 0 spiro atoms. The van der Waals surface area contributed by atoms with Crippen molar-refractivity contribution in [2.45, 2.75) is 33.2 Å². The van der Waals surface area contributed by atoms with Crippen LogP contribution in [-0.4, -0.2) is 34.5 Å². The summed E-state index contributed by atoms with van der Waals surface area (Å²) in [5, 5.41) is 9.34. The van der Waals surface area contributed by atoms with Crippen LogP contribution in [0.1, 0.15) is 36.2 Å². The average molecular weight is 284 g/mol. The van der Waals surface area contributed by atoms with Gasteiger partial charge < -0.3 is 10.0 Å². The highest BCUT2D eigenvalue weighted by molar-refractivity contribution is 6.31. The molecule has 4 nitrogen and oxygen atoms in total. The summed E-state index contributed by atoms with van der Waals surface area (Å²) in [6.07, 6.45) is -0.0703. The molecule has 5 heteroatoms. The average Bonchev–Trinajstić information content (AvgIpc) is 2.32. The van der Waals surface area contributed by atoms with E-state index in [1.807, 2.05) is 13.8 Å². The number of rotatable bonds is 5. The van der Waals surface area contributed by atoms with E-state index in [0.717, 1.165) is 5.56 Å². The molecule has 0 aliphatic rings. The van der Waals surface area contributed by atoms with E-state index in [0.29, 0.717) is 17.1 Å². The van der Waals surface area contributed by atoms with Crippen molar-refractivity contribution in [3.8, 4) is 0 Å². The molecule has 1 aromatic rings. The van der Waals surface area contributed by atoms with Crippen LogP contribution in [0.2, 0.25) is 5.02 Å². The van der Waals surface area contributed by atoms with E-state index in [-0.39, 0.29) is 18.4 Å². The molecule has 1 rings (SSSR count). The van der Waals surface area contributed by atoms with E-state index in [4.69, 9.17) is 16.7 Å². The highest BCUT2D eigenvalue weighted by Crippen LogP contribution is 2.19. The van der Waals surface area contributed by atoms with Gasteiger partial charge in [0.05, 0.1) is 6.42 Å². The topological polar surface area (TPSA) is 57.6 Å². The molecule has 0 saturated carbocycles. The van der Waals surface area contributed by atoms with E-state index in [1.54, 1.807) is 25.1 Å². The maximum atomic E-state index is 12.3. The van der Waals surface area contributed by atoms with E-state index in [9.17, 15) is 9.59 Å². The molecule has 0 aliphatic carbocycles. The number of aliphatic carboxylic acids is 1. The first-order valence-electron chi connectivity index (χ1n) is 6.15. The minimum atomic E-state index is -0.916. The lowest BCUT2D eigenvalue weighted by atomic mass is 10.1. The number of carbonyl (C=O) groups is 2. The number of carboxylic acid groups (broad SMARTS) is 1. The molecule has 0 bridgehead atoms. The van der Waals surface area contributed by atoms with E-state index < -0.39 is 5.97 Å². The fraction of sp³-hybridized carbons (Fsp3) is 0.429. The Hall–Kier alpha value is -1.55. The second-order valence-electron chi connectivity index (χ2n) is 4.50. The molecule has 104 valence electrons. The minimum Gasteiger partial charge on any atom is -0.481 e. The van der Waals surface area contributed by atoms with Crippen LogP contribution in [0.25, 0.3) is 0 Å². The molecule has 1 aromatic carbocycles. The summed E-state index contributed by atoms with van der Waals surface area (Å²) in [6, 6.07) is 4.76. The number of amides is 1. The zero-order chi connectivity index (χ0) is 14.6. The summed E-state index contributed by atoms with van der Waals surface area (Å²) < 4.78 is 0. The normalized spacial score (nSPS) is 12.0. The van der Waals surface area contributed by atoms with Crippen LogP contribution < -0.4 is 0 Å². The number of aryl methyl sites for hydroxylation is 1. The molecule has 0 fully saturated rings. The molecular weight excluding hydrogens is 266 g/mol. The second kappa shape index (κ2) is 6.57. The third-order valence-corrected chi connectivity index (χ3v) is 3.43. The van der Waals surface area contributed by atoms with Crippen LogP contribution >= 0.6 is 11.6 Å². The Bertz CT molecular complexity index is 488. The van der Waals surface area contributed by atoms with Gasteiger partial charge in [-0.25, -0.2) is 0 Å². The summed E-state index contributed by atoms with van der Waals surface area (Å²) in [7, 11) is 0. The zero-order valence-electron chi connectivity index (χ0n) is 11.3. The Balaban J connectivity index is 2.94. The van der Waals surface area contributed by atoms with Crippen molar-refractivity contribution in [1.29, 1.82) is 0 Å². The molecule has 0 aromatic heterocycles. The third-order valence-electron chi connectivity index (χ3n) is 3.02. The lowest BCUT2D eigenvalue weighted by Crippen LogP contribution is -2.39. The van der Waals surface area contributed by atoms with Gasteiger partial charge in [0.25, 0.3) is 5.91 Å². The summed E-state index contributed by atoms with van der Waals surface area (Å²) in [6.45, 7) is 5.87. The lowest BCUT2D eigenvalue weighted by Gasteiger charge is -2.27. The van der Waals surface area contributed by atoms with Gasteiger partial charge in [-0.15, -0.1) is 0 Å². The summed E-state index contributed by atoms with van der Waals surface area (Å²) >= 11 is 6.00. The van der Waals surface area contributed by atoms with Crippen LogP contribution in [-0.2, 0) is 4.79 Å². The van der Waals surface area contributed by atoms with Gasteiger partial charge in [0.15, 0.2) is 0 Å². The van der Waals surface area contributed by atoms with Gasteiger partial charge in [-0.3, -0.25) is 9.59 Å². The van der Waals surface area contributed by atoms with Gasteiger partial charge >= 0.3 is 5.97 Å². The van der Waals surface area contributed by atoms with Gasteiger partial charge in [-0.05, 0) is 38.5 Å². The molecule has 0 heterocycles. The highest BCUT2D eigenvalue weighted by atomic mass is 35.5. The first-order chi connectivity index (χ1) is 8.86. The number of hydrogen-bond acceptors (Lipinski definition) is 2. The first kappa shape index (κ1) is 15.5. The Kier molecular flexibility index (Phi) is 5.36. The monoisotopic (exact) mass is 283 g/mol. The van der Waals surface area contributed by atoms with Crippen LogP contribution in [0.3, 0.4) is 0 Å². The molecule has 1 atom stereocenters. The Morgan fingerprint density at radius 1 is 1.42 bits per heavy atom. The fourth-order valence-corrected chi connectivity index (χ4v) is 2.09. The fourth-order valence-electron chi connectivity index (χ4n) is 1.91. The van der Waals surface area contributed by atoms with E-state index in [2.05, 4.69) is 0 Å². The predicted octanol–water partition coefficient (Wildman–Crippen LogP) is 2.97. The number of halogens is 1. The highest BCUT2D eigenvalue weighted by Gasteiger charge is 2.22. The Morgan fingerprint density at radius 3 is 2.53 bits per heavy atom. The molecular formula is C14H18ClNO3. The number of nitrogens with zero attached hydrogens (tertiary/aromatic N) is 1. The number of carbonyl (C=O) groups excluding carboxylic acids is 1. The SMILES string of the molecule is CCN(C(=O)c1ccc(C)c(Cl)c1)C(C)CC(=O)O. The van der Waals surface area contributed by atoms with E-state index in [1.165, 1.54) is 4.90 Å². The van der Waals surface area contributed by atoms with Crippen LogP contribution in [0.4, 0.5) is 0 Å². The standard InChI is InChI=1S/C14H18ClNO3/c1-4-16(10(3)7-13(17)18)14(19)11-6-5-9(2)12(15)8-11/h5-6,8,10H,4,7H2,1-3H3,(H,17,18). The van der Waals surface area contributed by atoms with Crippen LogP contribution in [0.5, 0.6) is 0 Å². The lowest BCUT2D eigenvalue weighted by molar-refractivity contribution is -0.138. The van der Waals surface area contributed by atoms with Crippen molar-refractivity contribution in [3.63, 3.8) is 0 Å². The van der Waals surface area contributed by atoms with Gasteiger partial charge in [0, 0.05) is 23.2 Å². The number of hydrogen-bond donors (Lipinski definition) is 1. The number of benzene rings is 1. The van der Waals surface area contributed by atoms with Crippen molar-refractivity contribution >= 4 is 23.5 Å². The molecule has 0 aliphatic heterocycles. The van der Waals surface area contributed by atoms with Crippen molar-refractivity contribution in [2.24, 2.45) is 0 Å². The van der Waals surface area contributed by atoms with Gasteiger partial charge in [-0.1, -0.05) is 17.7 Å². The van der Waals surface area contributed by atoms with Gasteiger partial charge in [0.1, 0.15) is 0 Å². The smallest absolute Gasteiger partial charge is 0.305 e. The molecule has 1 unspecified atom stereocenters.